The molecule has 0 unspecified atom stereocenters. The monoisotopic (exact) mass is 639 g/mol. The first kappa shape index (κ1) is 39.4. The summed E-state index contributed by atoms with van der Waals surface area (Å²) in [7, 11) is -5.58. The van der Waals surface area contributed by atoms with Crippen LogP contribution in [0.5, 0.6) is 0 Å². The van der Waals surface area contributed by atoms with Crippen molar-refractivity contribution in [3.05, 3.63) is 5.21 Å². The molecule has 0 aromatic carbocycles. The molecule has 0 aromatic heterocycles. The fourth-order valence-corrected chi connectivity index (χ4v) is 3.14. The van der Waals surface area contributed by atoms with Gasteiger partial charge >= 0.3 is 47.0 Å². The maximum Gasteiger partial charge on any atom is 0.460 e. The number of nitrogens with one attached hydrogen (secondary N) is 1. The van der Waals surface area contributed by atoms with Crippen molar-refractivity contribution >= 4 is 61.4 Å². The summed E-state index contributed by atoms with van der Waals surface area (Å²) in [6, 6.07) is 0. The number of hydrogen-bond acceptors (Lipinski definition) is 3. The first-order chi connectivity index (χ1) is 15.2. The third-order valence-corrected chi connectivity index (χ3v) is 5.71. The van der Waals surface area contributed by atoms with Crippen LogP contribution in [0.2, 0.25) is 0 Å². The minimum absolute atomic E-state index is 0. The molecule has 24 heteroatoms. The smallest absolute Gasteiger partial charge is 0.460 e. The van der Waals surface area contributed by atoms with Gasteiger partial charge in [0.2, 0.25) is 0 Å². The number of nitrogens with zero attached hydrogens (tertiary/aromatic N) is 1. The largest absolute Gasteiger partial charge is 0.633 e. The fraction of sp³-hybridized carbons (Fsp3) is 1.00. The number of hydrogen-bond donors (Lipinski definition) is 1. The van der Waals surface area contributed by atoms with Crippen LogP contribution in [0.4, 0.5) is 74.6 Å². The van der Waals surface area contributed by atoms with E-state index in [4.69, 9.17) is 0 Å². The number of sulfonamides is 1. The molecule has 0 spiro atoms. The average Bonchev–Trinajstić information content (AvgIpc) is 2.62. The number of halogens is 17. The first-order valence-electron chi connectivity index (χ1n) is 8.45. The van der Waals surface area contributed by atoms with Crippen molar-refractivity contribution < 1.29 is 87.7 Å². The molecule has 0 heterocycles. The van der Waals surface area contributed by atoms with Crippen LogP contribution in [0.15, 0.2) is 0 Å². The van der Waals surface area contributed by atoms with Crippen molar-refractivity contribution in [3.8, 4) is 0 Å². The summed E-state index contributed by atoms with van der Waals surface area (Å²) in [6.45, 7) is -2.14. The van der Waals surface area contributed by atoms with Gasteiger partial charge in [-0.3, -0.25) is 0 Å². The molecule has 1 N–H and O–H groups in total. The van der Waals surface area contributed by atoms with Gasteiger partial charge in [-0.05, 0) is 0 Å². The van der Waals surface area contributed by atoms with Gasteiger partial charge < -0.3 is 9.85 Å². The number of alkyl halides is 17. The van der Waals surface area contributed by atoms with Gasteiger partial charge in [0, 0.05) is 64.4 Å². The zero-order valence-corrected chi connectivity index (χ0v) is 22.1. The van der Waals surface area contributed by atoms with Crippen LogP contribution in [-0.2, 0) is 10.0 Å². The Morgan fingerprint density at radius 2 is 0.919 bits per heavy atom. The van der Waals surface area contributed by atoms with Crippen LogP contribution in [0.25, 0.3) is 0 Å². The van der Waals surface area contributed by atoms with E-state index in [1.165, 1.54) is 0 Å². The van der Waals surface area contributed by atoms with Gasteiger partial charge in [-0.2, -0.15) is 74.6 Å². The molecule has 0 fully saturated rings. The van der Waals surface area contributed by atoms with Gasteiger partial charge in [-0.15, -0.1) is 0 Å². The van der Waals surface area contributed by atoms with Crippen LogP contribution in [0.1, 0.15) is 6.42 Å². The Bertz CT molecular complexity index is 899. The fourth-order valence-electron chi connectivity index (χ4n) is 2.08. The molecule has 0 amide bonds. The summed E-state index contributed by atoms with van der Waals surface area (Å²) in [6.07, 6.45) is -8.71. The third kappa shape index (κ3) is 6.45. The van der Waals surface area contributed by atoms with Gasteiger partial charge in [0.1, 0.15) is 0 Å². The molecule has 0 saturated carbocycles. The minimum atomic E-state index is -8.87. The summed E-state index contributed by atoms with van der Waals surface area (Å²) in [5.74, 6) is -51.8. The predicted molar refractivity (Wildman–Crippen MR) is 88.3 cm³/mol. The van der Waals surface area contributed by atoms with Gasteiger partial charge in [0.05, 0.1) is 20.6 Å². The second-order valence-electron chi connectivity index (χ2n) is 7.51. The van der Waals surface area contributed by atoms with Gasteiger partial charge in [-0.25, -0.2) is 13.1 Å². The molecule has 0 aliphatic heterocycles. The molecule has 0 aliphatic rings. The summed E-state index contributed by atoms with van der Waals surface area (Å²) in [5, 5.41) is 3.58. The van der Waals surface area contributed by atoms with Crippen LogP contribution in [-0.4, -0.2) is 139 Å². The molecular weight excluding hydrogens is 626 g/mol. The van der Waals surface area contributed by atoms with Crippen LogP contribution in [0.3, 0.4) is 0 Å². The summed E-state index contributed by atoms with van der Waals surface area (Å²) in [5.41, 5.74) is 0. The molecule has 0 aromatic rings. The van der Waals surface area contributed by atoms with Gasteiger partial charge in [-0.1, -0.05) is 0 Å². The molecule has 0 aliphatic carbocycles. The van der Waals surface area contributed by atoms with E-state index in [1.54, 1.807) is 0 Å². The van der Waals surface area contributed by atoms with Crippen molar-refractivity contribution in [2.24, 2.45) is 0 Å². The molecule has 0 saturated heterocycles. The number of quaternary nitrogens is 1. The average molecular weight is 639 g/mol. The van der Waals surface area contributed by atoms with Crippen LogP contribution < -0.4 is 4.72 Å². The van der Waals surface area contributed by atoms with E-state index in [0.29, 0.717) is 4.72 Å². The van der Waals surface area contributed by atoms with Crippen molar-refractivity contribution in [2.75, 3.05) is 27.2 Å². The molecular formula is C13H13F17KN2O3S. The second kappa shape index (κ2) is 10.9. The van der Waals surface area contributed by atoms with E-state index in [0.717, 1.165) is 14.1 Å². The number of rotatable bonds is 12. The predicted octanol–water partition coefficient (Wildman–Crippen LogP) is 4.46. The Balaban J connectivity index is 0. The van der Waals surface area contributed by atoms with E-state index in [2.05, 4.69) is 0 Å². The SMILES string of the molecule is C[N+](C)([O-])CCCNS(=O)(=O)C(F)(F)C(F)(F)C(F)(F)C(F)(F)C(F)(F)C(F)(F)C(F)(F)C(F)(F)F.[K]. The van der Waals surface area contributed by atoms with Crippen LogP contribution in [0, 0.1) is 5.21 Å². The van der Waals surface area contributed by atoms with E-state index in [9.17, 15) is 88.3 Å². The standard InChI is InChI=1S/C13H13F17N2O3S.K/c1-32(2,33)5-3-4-31-36(34,35)13(29,30)11(24,25)9(20,21)7(16,17)6(14,15)8(18,19)10(22,23)12(26,27)28;/h31H,3-5H2,1-2H3;. The molecule has 1 radical (unpaired) electrons. The third-order valence-electron chi connectivity index (χ3n) is 4.20. The topological polar surface area (TPSA) is 69.2 Å². The molecule has 0 bridgehead atoms. The molecule has 37 heavy (non-hydrogen) atoms. The second-order valence-corrected chi connectivity index (χ2v) is 9.32. The normalized spacial score (nSPS) is 16.0. The Hall–Kier alpha value is 0.276. The minimum Gasteiger partial charge on any atom is -0.633 e. The van der Waals surface area contributed by atoms with Crippen molar-refractivity contribution in [3.63, 3.8) is 0 Å². The van der Waals surface area contributed by atoms with Gasteiger partial charge in [0.25, 0.3) is 10.0 Å². The molecule has 0 atom stereocenters. The number of hydroxylamine groups is 3. The summed E-state index contributed by atoms with van der Waals surface area (Å²) < 4.78 is 245. The molecule has 0 rings (SSSR count). The van der Waals surface area contributed by atoms with Crippen LogP contribution >= 0.6 is 0 Å². The van der Waals surface area contributed by atoms with E-state index < -0.39 is 81.1 Å². The van der Waals surface area contributed by atoms with Crippen molar-refractivity contribution in [1.29, 1.82) is 0 Å². The summed E-state index contributed by atoms with van der Waals surface area (Å²) in [4.78, 5) is 0. The Labute approximate surface area is 238 Å². The maximum atomic E-state index is 13.7. The van der Waals surface area contributed by atoms with Crippen molar-refractivity contribution in [2.45, 2.75) is 53.4 Å². The zero-order chi connectivity index (χ0) is 29.8. The quantitative estimate of drug-likeness (QED) is 0.113. The summed E-state index contributed by atoms with van der Waals surface area (Å²) >= 11 is 0. The first-order valence-corrected chi connectivity index (χ1v) is 9.93. The zero-order valence-electron chi connectivity index (χ0n) is 18.1. The van der Waals surface area contributed by atoms with E-state index in [1.807, 2.05) is 0 Å². The Morgan fingerprint density at radius 1 is 0.622 bits per heavy atom. The van der Waals surface area contributed by atoms with E-state index in [-0.39, 0.29) is 51.4 Å². The van der Waals surface area contributed by atoms with Crippen molar-refractivity contribution in [1.82, 2.24) is 4.72 Å². The van der Waals surface area contributed by atoms with E-state index >= 15 is 0 Å². The Morgan fingerprint density at radius 3 is 1.22 bits per heavy atom. The maximum absolute atomic E-state index is 13.7. The Kier molecular flexibility index (Phi) is 11.6. The molecule has 219 valence electrons. The molecule has 5 nitrogen and oxygen atoms in total. The van der Waals surface area contributed by atoms with Gasteiger partial charge in [0.15, 0.2) is 0 Å².